The van der Waals surface area contributed by atoms with E-state index in [4.69, 9.17) is 23.7 Å². The minimum atomic E-state index is -0.819. The fourth-order valence-corrected chi connectivity index (χ4v) is 7.87. The van der Waals surface area contributed by atoms with Crippen molar-refractivity contribution in [3.63, 3.8) is 0 Å². The molecule has 0 fully saturated rings. The molecule has 0 unspecified atom stereocenters. The summed E-state index contributed by atoms with van der Waals surface area (Å²) in [6, 6.07) is -0.806. The number of carbonyl (C=O) groups excluding carboxylic acids is 6. The Morgan fingerprint density at radius 3 is 1.01 bits per heavy atom. The van der Waals surface area contributed by atoms with Gasteiger partial charge >= 0.3 is 29.8 Å². The summed E-state index contributed by atoms with van der Waals surface area (Å²) in [7, 11) is 0. The maximum atomic E-state index is 14.3. The fraction of sp³-hybridized carbons (Fsp3) is 0.893. The van der Waals surface area contributed by atoms with Crippen LogP contribution < -0.4 is 5.32 Å². The second-order valence-corrected chi connectivity index (χ2v) is 24.4. The van der Waals surface area contributed by atoms with Gasteiger partial charge in [-0.15, -0.1) is 0 Å². The van der Waals surface area contributed by atoms with Crippen molar-refractivity contribution >= 4 is 35.8 Å². The van der Waals surface area contributed by atoms with Gasteiger partial charge in [0.1, 0.15) is 34.0 Å². The van der Waals surface area contributed by atoms with Gasteiger partial charge in [-0.1, -0.05) is 96.8 Å². The van der Waals surface area contributed by atoms with E-state index in [1.54, 1.807) is 114 Å². The molecule has 15 nitrogen and oxygen atoms in total. The van der Waals surface area contributed by atoms with Crippen molar-refractivity contribution in [2.75, 3.05) is 58.9 Å². The first-order valence-electron chi connectivity index (χ1n) is 27.3. The Morgan fingerprint density at radius 2 is 0.704 bits per heavy atom. The van der Waals surface area contributed by atoms with Crippen LogP contribution in [-0.2, 0) is 52.5 Å². The van der Waals surface area contributed by atoms with E-state index in [0.29, 0.717) is 32.2 Å². The zero-order valence-electron chi connectivity index (χ0n) is 48.2. The number of carbonyl (C=O) groups is 6. The molecule has 71 heavy (non-hydrogen) atoms. The molecular weight excluding hydrogens is 905 g/mol. The number of nitrogens with zero attached hydrogens (tertiary/aromatic N) is 3. The SMILES string of the molecule is CCCCCCCCCCCCCCCCCC(=O)NCCCC[C@@H](C(=O)OC(C)(C)C)N(CCN(CC(=O)OC(C)(C)C)CC(=O)OC(C)(C)C)CCN(CC(=O)OC(C)(C)C)CC(=O)OC(C)(C)C. The second kappa shape index (κ2) is 35.0. The Hall–Kier alpha value is -3.30. The lowest BCUT2D eigenvalue weighted by Crippen LogP contribution is -2.51. The fourth-order valence-electron chi connectivity index (χ4n) is 7.87. The molecular formula is C56H106N4O11. The molecule has 0 aromatic rings. The molecule has 0 spiro atoms. The summed E-state index contributed by atoms with van der Waals surface area (Å²) in [6.07, 6.45) is 21.0. The standard InChI is InChI=1S/C56H106N4O11/c1-17-18-19-20-21-22-23-24-25-26-27-28-29-30-31-35-46(61)57-36-33-32-34-45(51(66)71-56(14,15)16)60(39-37-58(41-47(62)67-52(2,3)4)42-48(63)68-53(5,6)7)40-38-59(43-49(64)69-54(8,9)10)44-50(65)70-55(11,12)13/h45H,17-44H2,1-16H3,(H,57,61)/t45-/m0/s1. The third kappa shape index (κ3) is 42.9. The van der Waals surface area contributed by atoms with Crippen molar-refractivity contribution in [3.05, 3.63) is 0 Å². The van der Waals surface area contributed by atoms with Crippen molar-refractivity contribution in [3.8, 4) is 0 Å². The van der Waals surface area contributed by atoms with E-state index in [1.165, 1.54) is 77.0 Å². The Kier molecular flexibility index (Phi) is 33.4. The van der Waals surface area contributed by atoms with Gasteiger partial charge < -0.3 is 29.0 Å². The minimum absolute atomic E-state index is 0.0233. The molecule has 0 saturated heterocycles. The summed E-state index contributed by atoms with van der Waals surface area (Å²) in [5, 5.41) is 3.06. The average molecular weight is 1010 g/mol. The molecule has 0 aromatic carbocycles. The van der Waals surface area contributed by atoms with E-state index in [-0.39, 0.29) is 58.3 Å². The summed E-state index contributed by atoms with van der Waals surface area (Å²) >= 11 is 0. The molecule has 0 aliphatic heterocycles. The normalized spacial score (nSPS) is 13.1. The second-order valence-electron chi connectivity index (χ2n) is 24.4. The molecule has 1 N–H and O–H groups in total. The molecule has 0 bridgehead atoms. The number of rotatable bonds is 37. The molecule has 0 aliphatic carbocycles. The molecule has 0 heterocycles. The number of unbranched alkanes of at least 4 members (excludes halogenated alkanes) is 15. The number of hydrogen-bond donors (Lipinski definition) is 1. The van der Waals surface area contributed by atoms with Crippen LogP contribution in [0.5, 0.6) is 0 Å². The monoisotopic (exact) mass is 1010 g/mol. The van der Waals surface area contributed by atoms with Crippen molar-refractivity contribution in [2.45, 2.75) is 267 Å². The molecule has 0 aromatic heterocycles. The Balaban J connectivity index is 6.13. The van der Waals surface area contributed by atoms with Crippen LogP contribution in [0.2, 0.25) is 0 Å². The van der Waals surface area contributed by atoms with Crippen LogP contribution in [0.3, 0.4) is 0 Å². The van der Waals surface area contributed by atoms with Gasteiger partial charge in [-0.25, -0.2) is 0 Å². The number of ether oxygens (including phenoxy) is 5. The van der Waals surface area contributed by atoms with Crippen molar-refractivity contribution in [2.24, 2.45) is 0 Å². The van der Waals surface area contributed by atoms with Crippen LogP contribution in [0, 0.1) is 0 Å². The van der Waals surface area contributed by atoms with Crippen LogP contribution in [0.15, 0.2) is 0 Å². The first-order chi connectivity index (χ1) is 32.8. The summed E-state index contributed by atoms with van der Waals surface area (Å²) in [4.78, 5) is 85.1. The molecule has 0 radical (unpaired) electrons. The number of amides is 1. The van der Waals surface area contributed by atoms with Crippen LogP contribution in [-0.4, -0.2) is 143 Å². The van der Waals surface area contributed by atoms with Crippen LogP contribution in [0.1, 0.15) is 233 Å². The predicted molar refractivity (Wildman–Crippen MR) is 284 cm³/mol. The average Bonchev–Trinajstić information content (AvgIpc) is 3.17. The van der Waals surface area contributed by atoms with Gasteiger partial charge in [-0.2, -0.15) is 0 Å². The molecule has 416 valence electrons. The topological polar surface area (TPSA) is 170 Å². The van der Waals surface area contributed by atoms with Crippen LogP contribution >= 0.6 is 0 Å². The van der Waals surface area contributed by atoms with E-state index in [9.17, 15) is 28.8 Å². The van der Waals surface area contributed by atoms with E-state index in [2.05, 4.69) is 12.2 Å². The highest BCUT2D eigenvalue weighted by atomic mass is 16.6. The van der Waals surface area contributed by atoms with E-state index < -0.39 is 63.9 Å². The van der Waals surface area contributed by atoms with Crippen molar-refractivity contribution < 1.29 is 52.5 Å². The van der Waals surface area contributed by atoms with Gasteiger partial charge in [0.15, 0.2) is 0 Å². The Bertz CT molecular complexity index is 1390. The molecule has 0 aliphatic rings. The summed E-state index contributed by atoms with van der Waals surface area (Å²) in [5.41, 5.74) is -3.88. The maximum absolute atomic E-state index is 14.3. The highest BCUT2D eigenvalue weighted by Gasteiger charge is 2.33. The Labute approximate surface area is 432 Å². The van der Waals surface area contributed by atoms with Crippen LogP contribution in [0.25, 0.3) is 0 Å². The first-order valence-corrected chi connectivity index (χ1v) is 27.3. The lowest BCUT2D eigenvalue weighted by molar-refractivity contribution is -0.164. The Morgan fingerprint density at radius 1 is 0.394 bits per heavy atom. The van der Waals surface area contributed by atoms with Crippen LogP contribution in [0.4, 0.5) is 0 Å². The van der Waals surface area contributed by atoms with Crippen molar-refractivity contribution in [1.82, 2.24) is 20.0 Å². The maximum Gasteiger partial charge on any atom is 0.323 e. The van der Waals surface area contributed by atoms with Gasteiger partial charge in [-0.05, 0) is 130 Å². The van der Waals surface area contributed by atoms with Gasteiger partial charge in [0.2, 0.25) is 5.91 Å². The molecule has 15 heteroatoms. The molecule has 0 saturated carbocycles. The molecule has 1 atom stereocenters. The smallest absolute Gasteiger partial charge is 0.323 e. The largest absolute Gasteiger partial charge is 0.459 e. The van der Waals surface area contributed by atoms with Gasteiger partial charge in [0.05, 0.1) is 26.2 Å². The van der Waals surface area contributed by atoms with Gasteiger partial charge in [0, 0.05) is 39.1 Å². The number of hydrogen-bond acceptors (Lipinski definition) is 14. The van der Waals surface area contributed by atoms with Crippen molar-refractivity contribution in [1.29, 1.82) is 0 Å². The zero-order chi connectivity index (χ0) is 54.3. The predicted octanol–water partition coefficient (Wildman–Crippen LogP) is 10.5. The molecule has 1 amide bonds. The van der Waals surface area contributed by atoms with E-state index in [1.807, 2.05) is 4.90 Å². The van der Waals surface area contributed by atoms with Gasteiger partial charge in [-0.3, -0.25) is 43.5 Å². The lowest BCUT2D eigenvalue weighted by Gasteiger charge is -2.35. The minimum Gasteiger partial charge on any atom is -0.459 e. The lowest BCUT2D eigenvalue weighted by atomic mass is 10.0. The highest BCUT2D eigenvalue weighted by molar-refractivity contribution is 5.77. The zero-order valence-corrected chi connectivity index (χ0v) is 48.2. The quantitative estimate of drug-likeness (QED) is 0.0354. The summed E-state index contributed by atoms with van der Waals surface area (Å²) in [6.45, 7) is 29.1. The van der Waals surface area contributed by atoms with E-state index >= 15 is 0 Å². The number of nitrogens with one attached hydrogen (secondary N) is 1. The summed E-state index contributed by atoms with van der Waals surface area (Å²) in [5.74, 6) is -2.56. The van der Waals surface area contributed by atoms with E-state index in [0.717, 1.165) is 19.3 Å². The first kappa shape index (κ1) is 67.7. The number of esters is 5. The summed E-state index contributed by atoms with van der Waals surface area (Å²) < 4.78 is 28.6. The third-order valence-corrected chi connectivity index (χ3v) is 10.9. The third-order valence-electron chi connectivity index (χ3n) is 10.9. The molecule has 0 rings (SSSR count). The van der Waals surface area contributed by atoms with Gasteiger partial charge in [0.25, 0.3) is 0 Å². The highest BCUT2D eigenvalue weighted by Crippen LogP contribution is 2.19.